The number of amides is 3. The van der Waals surface area contributed by atoms with Crippen LogP contribution in [0.5, 0.6) is 5.75 Å². The van der Waals surface area contributed by atoms with Gasteiger partial charge in [0.25, 0.3) is 5.91 Å². The summed E-state index contributed by atoms with van der Waals surface area (Å²) in [5.41, 5.74) is 5.47. The second kappa shape index (κ2) is 7.86. The minimum Gasteiger partial charge on any atom is -0.496 e. The molecule has 7 nitrogen and oxygen atoms in total. The quantitative estimate of drug-likeness (QED) is 0.800. The molecule has 3 amide bonds. The highest BCUT2D eigenvalue weighted by atomic mass is 19.1. The van der Waals surface area contributed by atoms with Gasteiger partial charge in [-0.3, -0.25) is 25.2 Å². The Balaban J connectivity index is 1.59. The van der Waals surface area contributed by atoms with E-state index in [1.807, 2.05) is 0 Å². The van der Waals surface area contributed by atoms with Crippen molar-refractivity contribution in [3.05, 3.63) is 59.9 Å². The predicted octanol–water partition coefficient (Wildman–Crippen LogP) is 1.65. The molecule has 140 valence electrons. The number of hydrogen-bond acceptors (Lipinski definition) is 4. The Kier molecular flexibility index (Phi) is 5.35. The largest absolute Gasteiger partial charge is 0.496 e. The number of hydrogen-bond donors (Lipinski definition) is 2. The van der Waals surface area contributed by atoms with Gasteiger partial charge in [-0.05, 0) is 36.4 Å². The van der Waals surface area contributed by atoms with Gasteiger partial charge in [0.05, 0.1) is 18.6 Å². The molecular formula is C19H18FN3O4. The molecule has 8 heteroatoms. The van der Waals surface area contributed by atoms with Crippen molar-refractivity contribution in [2.24, 2.45) is 5.92 Å². The highest BCUT2D eigenvalue weighted by Crippen LogP contribution is 2.25. The molecule has 2 N–H and O–H groups in total. The average molecular weight is 371 g/mol. The first-order valence-electron chi connectivity index (χ1n) is 8.28. The van der Waals surface area contributed by atoms with Gasteiger partial charge in [-0.2, -0.15) is 0 Å². The van der Waals surface area contributed by atoms with Crippen LogP contribution in [-0.2, 0) is 9.59 Å². The van der Waals surface area contributed by atoms with E-state index in [1.54, 1.807) is 24.3 Å². The van der Waals surface area contributed by atoms with Crippen LogP contribution in [0.15, 0.2) is 48.5 Å². The molecule has 27 heavy (non-hydrogen) atoms. The molecule has 1 atom stereocenters. The van der Waals surface area contributed by atoms with Gasteiger partial charge in [-0.25, -0.2) is 4.39 Å². The Morgan fingerprint density at radius 1 is 1.11 bits per heavy atom. The number of para-hydroxylation sites is 1. The molecule has 0 saturated carbocycles. The lowest BCUT2D eigenvalue weighted by Gasteiger charge is -2.17. The summed E-state index contributed by atoms with van der Waals surface area (Å²) in [6.45, 7) is 0.154. The third-order valence-corrected chi connectivity index (χ3v) is 4.28. The van der Waals surface area contributed by atoms with Crippen LogP contribution in [0, 0.1) is 11.7 Å². The van der Waals surface area contributed by atoms with E-state index in [0.29, 0.717) is 11.4 Å². The minimum absolute atomic E-state index is 0.00768. The van der Waals surface area contributed by atoms with Crippen molar-refractivity contribution in [2.45, 2.75) is 6.42 Å². The molecule has 1 fully saturated rings. The summed E-state index contributed by atoms with van der Waals surface area (Å²) in [5.74, 6) is -1.89. The molecule has 0 radical (unpaired) electrons. The molecule has 1 saturated heterocycles. The Bertz CT molecular complexity index is 870. The van der Waals surface area contributed by atoms with E-state index < -0.39 is 23.5 Å². The molecule has 0 aromatic heterocycles. The van der Waals surface area contributed by atoms with Gasteiger partial charge in [-0.1, -0.05) is 12.1 Å². The second-order valence-electron chi connectivity index (χ2n) is 6.03. The number of ether oxygens (including phenoxy) is 1. The smallest absolute Gasteiger partial charge is 0.273 e. The number of benzene rings is 2. The van der Waals surface area contributed by atoms with Gasteiger partial charge in [0.1, 0.15) is 11.6 Å². The fourth-order valence-corrected chi connectivity index (χ4v) is 2.87. The van der Waals surface area contributed by atoms with Crippen molar-refractivity contribution < 1.29 is 23.5 Å². The highest BCUT2D eigenvalue weighted by molar-refractivity contribution is 6.01. The van der Waals surface area contributed by atoms with E-state index in [-0.39, 0.29) is 24.4 Å². The number of nitrogens with zero attached hydrogens (tertiary/aromatic N) is 1. The minimum atomic E-state index is -0.625. The molecule has 2 aromatic rings. The van der Waals surface area contributed by atoms with Crippen LogP contribution in [0.25, 0.3) is 0 Å². The zero-order chi connectivity index (χ0) is 19.4. The van der Waals surface area contributed by atoms with Crippen LogP contribution in [-0.4, -0.2) is 31.4 Å². The molecule has 0 bridgehead atoms. The first-order valence-corrected chi connectivity index (χ1v) is 8.28. The Morgan fingerprint density at radius 3 is 2.52 bits per heavy atom. The number of halogens is 1. The molecule has 1 heterocycles. The van der Waals surface area contributed by atoms with Gasteiger partial charge in [0.2, 0.25) is 11.8 Å². The molecule has 0 spiro atoms. The highest BCUT2D eigenvalue weighted by Gasteiger charge is 2.35. The number of hydrazine groups is 1. The lowest BCUT2D eigenvalue weighted by Crippen LogP contribution is -2.45. The number of carbonyl (C=O) groups is 3. The number of methoxy groups -OCH3 is 1. The normalized spacial score (nSPS) is 16.1. The second-order valence-corrected chi connectivity index (χ2v) is 6.03. The third-order valence-electron chi connectivity index (χ3n) is 4.28. The average Bonchev–Trinajstić information content (AvgIpc) is 3.08. The monoisotopic (exact) mass is 371 g/mol. The van der Waals surface area contributed by atoms with Gasteiger partial charge in [0.15, 0.2) is 0 Å². The summed E-state index contributed by atoms with van der Waals surface area (Å²) in [7, 11) is 1.44. The van der Waals surface area contributed by atoms with Crippen molar-refractivity contribution in [1.82, 2.24) is 10.9 Å². The maximum Gasteiger partial charge on any atom is 0.273 e. The van der Waals surface area contributed by atoms with E-state index in [1.165, 1.54) is 36.3 Å². The third kappa shape index (κ3) is 4.05. The van der Waals surface area contributed by atoms with Gasteiger partial charge < -0.3 is 9.64 Å². The van der Waals surface area contributed by atoms with Gasteiger partial charge in [0, 0.05) is 18.7 Å². The Labute approximate surface area is 155 Å². The summed E-state index contributed by atoms with van der Waals surface area (Å²) >= 11 is 0. The van der Waals surface area contributed by atoms with E-state index in [4.69, 9.17) is 4.74 Å². The molecular weight excluding hydrogens is 353 g/mol. The van der Waals surface area contributed by atoms with E-state index in [2.05, 4.69) is 10.9 Å². The zero-order valence-electron chi connectivity index (χ0n) is 14.6. The van der Waals surface area contributed by atoms with Crippen LogP contribution in [0.2, 0.25) is 0 Å². The SMILES string of the molecule is COc1ccccc1C(=O)NNC(=O)[C@@H]1CC(=O)N(c2ccc(F)cc2)C1. The topological polar surface area (TPSA) is 87.7 Å². The van der Waals surface area contributed by atoms with Crippen molar-refractivity contribution in [1.29, 1.82) is 0 Å². The number of nitrogens with one attached hydrogen (secondary N) is 2. The maximum absolute atomic E-state index is 13.0. The van der Waals surface area contributed by atoms with Crippen LogP contribution in [0.1, 0.15) is 16.8 Å². The van der Waals surface area contributed by atoms with E-state index in [0.717, 1.165) is 0 Å². The number of carbonyl (C=O) groups excluding carboxylic acids is 3. The fraction of sp³-hybridized carbons (Fsp3) is 0.211. The number of anilines is 1. The van der Waals surface area contributed by atoms with Gasteiger partial charge in [-0.15, -0.1) is 0 Å². The Hall–Kier alpha value is -3.42. The summed E-state index contributed by atoms with van der Waals surface area (Å²) in [4.78, 5) is 38.1. The lowest BCUT2D eigenvalue weighted by molar-refractivity contribution is -0.126. The number of rotatable bonds is 4. The van der Waals surface area contributed by atoms with Crippen LogP contribution in [0.4, 0.5) is 10.1 Å². The van der Waals surface area contributed by atoms with Crippen LogP contribution >= 0.6 is 0 Å². The van der Waals surface area contributed by atoms with E-state index >= 15 is 0 Å². The molecule has 1 aliphatic heterocycles. The van der Waals surface area contributed by atoms with Crippen molar-refractivity contribution in [2.75, 3.05) is 18.6 Å². The molecule has 1 aliphatic rings. The molecule has 0 aliphatic carbocycles. The lowest BCUT2D eigenvalue weighted by atomic mass is 10.1. The molecule has 2 aromatic carbocycles. The summed E-state index contributed by atoms with van der Waals surface area (Å²) in [6, 6.07) is 12.1. The maximum atomic E-state index is 13.0. The van der Waals surface area contributed by atoms with E-state index in [9.17, 15) is 18.8 Å². The fourth-order valence-electron chi connectivity index (χ4n) is 2.87. The molecule has 0 unspecified atom stereocenters. The van der Waals surface area contributed by atoms with Crippen LogP contribution in [0.3, 0.4) is 0 Å². The summed E-state index contributed by atoms with van der Waals surface area (Å²) < 4.78 is 18.1. The van der Waals surface area contributed by atoms with Gasteiger partial charge >= 0.3 is 0 Å². The Morgan fingerprint density at radius 2 is 1.81 bits per heavy atom. The first kappa shape index (κ1) is 18.4. The standard InChI is InChI=1S/C19H18FN3O4/c1-27-16-5-3-2-4-15(16)19(26)22-21-18(25)12-10-17(24)23(11-12)14-8-6-13(20)7-9-14/h2-9,12H,10-11H2,1H3,(H,21,25)(H,22,26)/t12-/m1/s1. The van der Waals surface area contributed by atoms with Crippen LogP contribution < -0.4 is 20.5 Å². The predicted molar refractivity (Wildman–Crippen MR) is 95.5 cm³/mol. The first-order chi connectivity index (χ1) is 13.0. The zero-order valence-corrected chi connectivity index (χ0v) is 14.6. The summed E-state index contributed by atoms with van der Waals surface area (Å²) in [6.07, 6.45) is 0.00768. The molecule has 3 rings (SSSR count). The van der Waals surface area contributed by atoms with Crippen molar-refractivity contribution >= 4 is 23.4 Å². The van der Waals surface area contributed by atoms with Crippen molar-refractivity contribution in [3.63, 3.8) is 0 Å². The van der Waals surface area contributed by atoms with Crippen molar-refractivity contribution in [3.8, 4) is 5.75 Å². The summed E-state index contributed by atoms with van der Waals surface area (Å²) in [5, 5.41) is 0.